The Morgan fingerprint density at radius 2 is 2.05 bits per heavy atom. The Labute approximate surface area is 134 Å². The second-order valence-corrected chi connectivity index (χ2v) is 5.58. The number of hydrogen-bond donors (Lipinski definition) is 2. The van der Waals surface area contributed by atoms with E-state index in [-0.39, 0.29) is 0 Å². The fourth-order valence-corrected chi connectivity index (χ4v) is 2.15. The molecule has 1 aromatic rings. The highest BCUT2D eigenvalue weighted by atomic mass is 32.2. The third kappa shape index (κ3) is 5.81. The van der Waals surface area contributed by atoms with Crippen molar-refractivity contribution < 1.29 is 19.4 Å². The molecule has 5 nitrogen and oxygen atoms in total. The third-order valence-corrected chi connectivity index (χ3v) is 3.76. The molecule has 0 aromatic heterocycles. The fourth-order valence-electron chi connectivity index (χ4n) is 1.74. The van der Waals surface area contributed by atoms with Crippen molar-refractivity contribution in [3.63, 3.8) is 0 Å². The Hall–Kier alpha value is -1.95. The molecule has 0 aliphatic heterocycles. The first kappa shape index (κ1) is 18.1. The molecule has 0 aliphatic rings. The van der Waals surface area contributed by atoms with Gasteiger partial charge in [0.15, 0.2) is 6.10 Å². The number of hydrogen-bond acceptors (Lipinski definition) is 4. The molecule has 0 saturated carbocycles. The van der Waals surface area contributed by atoms with E-state index in [1.165, 1.54) is 0 Å². The van der Waals surface area contributed by atoms with Gasteiger partial charge >= 0.3 is 5.97 Å². The van der Waals surface area contributed by atoms with Crippen LogP contribution in [0.3, 0.4) is 0 Å². The van der Waals surface area contributed by atoms with Crippen LogP contribution in [0, 0.1) is 0 Å². The standard InChI is InChI=1S/C16H21NO4S/c1-4-5-6-14(16(19)20)17-15(18)11(2)21-12-7-9-13(22-3)10-8-12/h4,7-11,14H,1,5-6H2,2-3H3,(H,17,18)(H,19,20). The fraction of sp³-hybridized carbons (Fsp3) is 0.375. The monoisotopic (exact) mass is 323 g/mol. The molecule has 22 heavy (non-hydrogen) atoms. The van der Waals surface area contributed by atoms with Crippen molar-refractivity contribution in [3.8, 4) is 5.75 Å². The molecule has 2 atom stereocenters. The van der Waals surface area contributed by atoms with E-state index in [2.05, 4.69) is 11.9 Å². The van der Waals surface area contributed by atoms with E-state index in [9.17, 15) is 9.59 Å². The van der Waals surface area contributed by atoms with E-state index >= 15 is 0 Å². The number of benzene rings is 1. The first-order chi connectivity index (χ1) is 10.5. The number of carbonyl (C=O) groups excluding carboxylic acids is 1. The number of carboxylic acids is 1. The molecule has 0 fully saturated rings. The van der Waals surface area contributed by atoms with Crippen molar-refractivity contribution in [3.05, 3.63) is 36.9 Å². The summed E-state index contributed by atoms with van der Waals surface area (Å²) >= 11 is 1.61. The lowest BCUT2D eigenvalue weighted by Gasteiger charge is -2.18. The summed E-state index contributed by atoms with van der Waals surface area (Å²) in [5.74, 6) is -0.949. The number of rotatable bonds is 9. The Balaban J connectivity index is 2.58. The van der Waals surface area contributed by atoms with Gasteiger partial charge in [0.2, 0.25) is 0 Å². The minimum atomic E-state index is -1.06. The van der Waals surface area contributed by atoms with Crippen molar-refractivity contribution in [2.24, 2.45) is 0 Å². The summed E-state index contributed by atoms with van der Waals surface area (Å²) in [6.45, 7) is 5.13. The van der Waals surface area contributed by atoms with Crippen molar-refractivity contribution >= 4 is 23.6 Å². The second-order valence-electron chi connectivity index (χ2n) is 4.70. The topological polar surface area (TPSA) is 75.6 Å². The zero-order valence-corrected chi connectivity index (χ0v) is 13.6. The van der Waals surface area contributed by atoms with E-state index in [1.54, 1.807) is 36.9 Å². The minimum absolute atomic E-state index is 0.305. The molecule has 6 heteroatoms. The third-order valence-electron chi connectivity index (χ3n) is 3.02. The number of ether oxygens (including phenoxy) is 1. The van der Waals surface area contributed by atoms with Crippen LogP contribution in [0.4, 0.5) is 0 Å². The molecule has 2 N–H and O–H groups in total. The second kappa shape index (κ2) is 9.15. The average molecular weight is 323 g/mol. The summed E-state index contributed by atoms with van der Waals surface area (Å²) in [4.78, 5) is 24.2. The molecule has 2 unspecified atom stereocenters. The highest BCUT2D eigenvalue weighted by molar-refractivity contribution is 7.98. The molecule has 120 valence electrons. The van der Waals surface area contributed by atoms with Crippen molar-refractivity contribution in [2.45, 2.75) is 36.8 Å². The van der Waals surface area contributed by atoms with Crippen LogP contribution in [0.1, 0.15) is 19.8 Å². The van der Waals surface area contributed by atoms with Crippen molar-refractivity contribution in [1.29, 1.82) is 0 Å². The van der Waals surface area contributed by atoms with Gasteiger partial charge in [-0.1, -0.05) is 6.08 Å². The number of carboxylic acid groups (broad SMARTS) is 1. The predicted octanol–water partition coefficient (Wildman–Crippen LogP) is 2.71. The normalized spacial score (nSPS) is 13.0. The van der Waals surface area contributed by atoms with Gasteiger partial charge in [0, 0.05) is 4.90 Å². The van der Waals surface area contributed by atoms with Crippen LogP contribution in [0.25, 0.3) is 0 Å². The van der Waals surface area contributed by atoms with Gasteiger partial charge in [0.05, 0.1) is 0 Å². The summed E-state index contributed by atoms with van der Waals surface area (Å²) < 4.78 is 5.53. The van der Waals surface area contributed by atoms with Gasteiger partial charge in [-0.25, -0.2) is 4.79 Å². The molecule has 1 aromatic carbocycles. The van der Waals surface area contributed by atoms with Gasteiger partial charge in [0.1, 0.15) is 11.8 Å². The number of carbonyl (C=O) groups is 2. The van der Waals surface area contributed by atoms with Gasteiger partial charge < -0.3 is 15.2 Å². The lowest BCUT2D eigenvalue weighted by Crippen LogP contribution is -2.46. The van der Waals surface area contributed by atoms with Gasteiger partial charge in [-0.2, -0.15) is 0 Å². The van der Waals surface area contributed by atoms with E-state index in [0.29, 0.717) is 18.6 Å². The summed E-state index contributed by atoms with van der Waals surface area (Å²) in [6.07, 6.45) is 3.64. The van der Waals surface area contributed by atoms with Crippen LogP contribution in [0.5, 0.6) is 5.75 Å². The van der Waals surface area contributed by atoms with Gasteiger partial charge in [-0.3, -0.25) is 4.79 Å². The summed E-state index contributed by atoms with van der Waals surface area (Å²) in [6, 6.07) is 6.42. The van der Waals surface area contributed by atoms with E-state index in [0.717, 1.165) is 4.90 Å². The average Bonchev–Trinajstić information content (AvgIpc) is 2.51. The van der Waals surface area contributed by atoms with Crippen LogP contribution in [-0.4, -0.2) is 35.4 Å². The molecule has 0 spiro atoms. The summed E-state index contributed by atoms with van der Waals surface area (Å²) in [5, 5.41) is 11.6. The van der Waals surface area contributed by atoms with E-state index in [4.69, 9.17) is 9.84 Å². The Kier molecular flexibility index (Phi) is 7.52. The molecule has 0 aliphatic carbocycles. The largest absolute Gasteiger partial charge is 0.481 e. The minimum Gasteiger partial charge on any atom is -0.481 e. The molecule has 0 saturated heterocycles. The lowest BCUT2D eigenvalue weighted by molar-refractivity contribution is -0.143. The molecule has 1 rings (SSSR count). The lowest BCUT2D eigenvalue weighted by atomic mass is 10.1. The smallest absolute Gasteiger partial charge is 0.326 e. The molecular formula is C16H21NO4S. The number of aliphatic carboxylic acids is 1. The first-order valence-corrected chi connectivity index (χ1v) is 8.15. The molecule has 0 bridgehead atoms. The highest BCUT2D eigenvalue weighted by Gasteiger charge is 2.23. The zero-order valence-electron chi connectivity index (χ0n) is 12.7. The van der Waals surface area contributed by atoms with Crippen LogP contribution < -0.4 is 10.1 Å². The van der Waals surface area contributed by atoms with Crippen LogP contribution in [0.15, 0.2) is 41.8 Å². The van der Waals surface area contributed by atoms with Gasteiger partial charge in [0.25, 0.3) is 5.91 Å². The molecule has 1 amide bonds. The SMILES string of the molecule is C=CCCC(NC(=O)C(C)Oc1ccc(SC)cc1)C(=O)O. The van der Waals surface area contributed by atoms with E-state index < -0.39 is 24.0 Å². The Bertz CT molecular complexity index is 515. The van der Waals surface area contributed by atoms with E-state index in [1.807, 2.05) is 18.4 Å². The Morgan fingerprint density at radius 3 is 2.55 bits per heavy atom. The summed E-state index contributed by atoms with van der Waals surface area (Å²) in [5.41, 5.74) is 0. The quantitative estimate of drug-likeness (QED) is 0.540. The predicted molar refractivity (Wildman–Crippen MR) is 87.3 cm³/mol. The number of thioether (sulfide) groups is 1. The van der Waals surface area contributed by atoms with Crippen LogP contribution in [0.2, 0.25) is 0 Å². The van der Waals surface area contributed by atoms with Gasteiger partial charge in [-0.15, -0.1) is 18.3 Å². The number of amides is 1. The van der Waals surface area contributed by atoms with Crippen LogP contribution in [-0.2, 0) is 9.59 Å². The van der Waals surface area contributed by atoms with Crippen LogP contribution >= 0.6 is 11.8 Å². The zero-order chi connectivity index (χ0) is 16.5. The van der Waals surface area contributed by atoms with Crippen molar-refractivity contribution in [1.82, 2.24) is 5.32 Å². The highest BCUT2D eigenvalue weighted by Crippen LogP contribution is 2.19. The van der Waals surface area contributed by atoms with Gasteiger partial charge in [-0.05, 0) is 50.3 Å². The maximum absolute atomic E-state index is 12.0. The number of nitrogens with one attached hydrogen (secondary N) is 1. The maximum Gasteiger partial charge on any atom is 0.326 e. The first-order valence-electron chi connectivity index (χ1n) is 6.92. The van der Waals surface area contributed by atoms with Crippen molar-refractivity contribution in [2.75, 3.05) is 6.26 Å². The molecule has 0 heterocycles. The Morgan fingerprint density at radius 1 is 1.41 bits per heavy atom. The maximum atomic E-state index is 12.0. The molecular weight excluding hydrogens is 302 g/mol. The number of allylic oxidation sites excluding steroid dienone is 1. The molecule has 0 radical (unpaired) electrons. The summed E-state index contributed by atoms with van der Waals surface area (Å²) in [7, 11) is 0.